The van der Waals surface area contributed by atoms with Gasteiger partial charge < -0.3 is 5.73 Å². The Morgan fingerprint density at radius 1 is 1.22 bits per heavy atom. The highest BCUT2D eigenvalue weighted by Gasteiger charge is 2.28. The first-order chi connectivity index (χ1) is 8.55. The Morgan fingerprint density at radius 2 is 1.89 bits per heavy atom. The monoisotopic (exact) mass is 301 g/mol. The van der Waals surface area contributed by atoms with Crippen LogP contribution < -0.4 is 5.73 Å². The molecule has 3 nitrogen and oxygen atoms in total. The van der Waals surface area contributed by atoms with Gasteiger partial charge >= 0.3 is 0 Å². The van der Waals surface area contributed by atoms with Crippen molar-refractivity contribution >= 4 is 32.8 Å². The lowest BCUT2D eigenvalue weighted by molar-refractivity contribution is 0.584. The average molecular weight is 302 g/mol. The SMILES string of the molecule is NC[C@@H](c1ccc(Cl)cc1)S(=O)(=O)c1cccs1. The number of rotatable bonds is 4. The summed E-state index contributed by atoms with van der Waals surface area (Å²) in [6, 6.07) is 10.1. The first-order valence-electron chi connectivity index (χ1n) is 5.28. The Kier molecular flexibility index (Phi) is 4.07. The third kappa shape index (κ3) is 2.59. The maximum absolute atomic E-state index is 12.4. The highest BCUT2D eigenvalue weighted by Crippen LogP contribution is 2.31. The molecule has 0 spiro atoms. The van der Waals surface area contributed by atoms with Gasteiger partial charge in [-0.15, -0.1) is 11.3 Å². The third-order valence-corrected chi connectivity index (χ3v) is 6.42. The van der Waals surface area contributed by atoms with Gasteiger partial charge in [0.05, 0.1) is 0 Å². The molecule has 0 bridgehead atoms. The van der Waals surface area contributed by atoms with E-state index >= 15 is 0 Å². The lowest BCUT2D eigenvalue weighted by Crippen LogP contribution is -2.21. The number of sulfone groups is 1. The normalized spacial score (nSPS) is 13.4. The van der Waals surface area contributed by atoms with Crippen LogP contribution in [0.1, 0.15) is 10.8 Å². The summed E-state index contributed by atoms with van der Waals surface area (Å²) in [4.78, 5) is 0. The summed E-state index contributed by atoms with van der Waals surface area (Å²) in [7, 11) is -3.42. The summed E-state index contributed by atoms with van der Waals surface area (Å²) in [5.74, 6) is 0. The van der Waals surface area contributed by atoms with Crippen LogP contribution in [0.3, 0.4) is 0 Å². The Balaban J connectivity index is 2.43. The van der Waals surface area contributed by atoms with Gasteiger partial charge in [-0.1, -0.05) is 29.8 Å². The van der Waals surface area contributed by atoms with E-state index in [0.29, 0.717) is 14.8 Å². The van der Waals surface area contributed by atoms with Gasteiger partial charge in [0.25, 0.3) is 0 Å². The van der Waals surface area contributed by atoms with E-state index in [-0.39, 0.29) is 6.54 Å². The van der Waals surface area contributed by atoms with E-state index in [0.717, 1.165) is 0 Å². The van der Waals surface area contributed by atoms with Crippen molar-refractivity contribution in [3.8, 4) is 0 Å². The molecule has 0 amide bonds. The van der Waals surface area contributed by atoms with Gasteiger partial charge in [0, 0.05) is 11.6 Å². The minimum Gasteiger partial charge on any atom is -0.329 e. The molecular weight excluding hydrogens is 290 g/mol. The van der Waals surface area contributed by atoms with E-state index in [1.54, 1.807) is 41.8 Å². The maximum Gasteiger partial charge on any atom is 0.195 e. The fourth-order valence-electron chi connectivity index (χ4n) is 1.68. The number of nitrogens with two attached hydrogens (primary N) is 1. The van der Waals surface area contributed by atoms with Gasteiger partial charge in [-0.05, 0) is 29.1 Å². The molecule has 0 aliphatic carbocycles. The first-order valence-corrected chi connectivity index (χ1v) is 8.09. The molecule has 1 atom stereocenters. The highest BCUT2D eigenvalue weighted by atomic mass is 35.5. The number of halogens is 1. The Labute approximate surface area is 115 Å². The molecule has 1 aromatic heterocycles. The van der Waals surface area contributed by atoms with Gasteiger partial charge in [-0.3, -0.25) is 0 Å². The smallest absolute Gasteiger partial charge is 0.195 e. The maximum atomic E-state index is 12.4. The summed E-state index contributed by atoms with van der Waals surface area (Å²) in [5.41, 5.74) is 6.29. The largest absolute Gasteiger partial charge is 0.329 e. The summed E-state index contributed by atoms with van der Waals surface area (Å²) in [5, 5.41) is 1.58. The second-order valence-corrected chi connectivity index (χ2v) is 7.49. The van der Waals surface area contributed by atoms with Crippen LogP contribution in [0.25, 0.3) is 0 Å². The van der Waals surface area contributed by atoms with Crippen LogP contribution in [0.15, 0.2) is 46.0 Å². The van der Waals surface area contributed by atoms with Crippen molar-refractivity contribution in [2.24, 2.45) is 5.73 Å². The van der Waals surface area contributed by atoms with E-state index in [2.05, 4.69) is 0 Å². The molecule has 0 saturated heterocycles. The second-order valence-electron chi connectivity index (χ2n) is 3.75. The zero-order valence-corrected chi connectivity index (χ0v) is 11.8. The average Bonchev–Trinajstić information content (AvgIpc) is 2.86. The van der Waals surface area contributed by atoms with Crippen LogP contribution in [0, 0.1) is 0 Å². The highest BCUT2D eigenvalue weighted by molar-refractivity contribution is 7.93. The molecule has 0 saturated carbocycles. The van der Waals surface area contributed by atoms with Gasteiger partial charge in [-0.25, -0.2) is 8.42 Å². The molecule has 2 rings (SSSR count). The van der Waals surface area contributed by atoms with Crippen molar-refractivity contribution in [3.63, 3.8) is 0 Å². The summed E-state index contributed by atoms with van der Waals surface area (Å²) in [6.45, 7) is 0.0435. The quantitative estimate of drug-likeness (QED) is 0.944. The number of benzene rings is 1. The molecule has 96 valence electrons. The Morgan fingerprint density at radius 3 is 2.39 bits per heavy atom. The van der Waals surface area contributed by atoms with Crippen LogP contribution >= 0.6 is 22.9 Å². The number of hydrogen-bond acceptors (Lipinski definition) is 4. The van der Waals surface area contributed by atoms with Crippen molar-refractivity contribution in [1.29, 1.82) is 0 Å². The molecule has 18 heavy (non-hydrogen) atoms. The van der Waals surface area contributed by atoms with Crippen LogP contribution in [0.2, 0.25) is 5.02 Å². The fraction of sp³-hybridized carbons (Fsp3) is 0.167. The van der Waals surface area contributed by atoms with Crippen LogP contribution in [0.5, 0.6) is 0 Å². The van der Waals surface area contributed by atoms with Gasteiger partial charge in [0.2, 0.25) is 0 Å². The first kappa shape index (κ1) is 13.5. The number of hydrogen-bond donors (Lipinski definition) is 1. The standard InChI is InChI=1S/C12H12ClNO2S2/c13-10-5-3-9(4-6-10)11(8-14)18(15,16)12-2-1-7-17-12/h1-7,11H,8,14H2/t11-/m0/s1. The third-order valence-electron chi connectivity index (χ3n) is 2.61. The number of thiophene rings is 1. The molecule has 0 fully saturated rings. The van der Waals surface area contributed by atoms with E-state index in [1.807, 2.05) is 0 Å². The van der Waals surface area contributed by atoms with E-state index in [4.69, 9.17) is 17.3 Å². The predicted octanol–water partition coefficient (Wildman–Crippen LogP) is 2.88. The zero-order valence-electron chi connectivity index (χ0n) is 9.41. The van der Waals surface area contributed by atoms with E-state index < -0.39 is 15.1 Å². The molecule has 0 aliphatic heterocycles. The molecule has 2 aromatic rings. The van der Waals surface area contributed by atoms with E-state index in [1.165, 1.54) is 11.3 Å². The van der Waals surface area contributed by atoms with Crippen LogP contribution in [0.4, 0.5) is 0 Å². The summed E-state index contributed by atoms with van der Waals surface area (Å²) in [6.07, 6.45) is 0. The summed E-state index contributed by atoms with van der Waals surface area (Å²) >= 11 is 7.00. The van der Waals surface area contributed by atoms with Crippen molar-refractivity contribution in [3.05, 3.63) is 52.4 Å². The fourth-order valence-corrected chi connectivity index (χ4v) is 4.63. The van der Waals surface area contributed by atoms with Gasteiger partial charge in [-0.2, -0.15) is 0 Å². The topological polar surface area (TPSA) is 60.2 Å². The summed E-state index contributed by atoms with van der Waals surface area (Å²) < 4.78 is 25.2. The minimum atomic E-state index is -3.42. The zero-order chi connectivity index (χ0) is 13.2. The predicted molar refractivity (Wildman–Crippen MR) is 74.8 cm³/mol. The molecule has 0 unspecified atom stereocenters. The second kappa shape index (κ2) is 5.40. The molecule has 2 N–H and O–H groups in total. The van der Waals surface area contributed by atoms with Crippen molar-refractivity contribution in [1.82, 2.24) is 0 Å². The van der Waals surface area contributed by atoms with Crippen molar-refractivity contribution < 1.29 is 8.42 Å². The molecule has 0 aliphatic rings. The molecule has 0 radical (unpaired) electrons. The molecular formula is C12H12ClNO2S2. The van der Waals surface area contributed by atoms with Crippen LogP contribution in [-0.4, -0.2) is 15.0 Å². The van der Waals surface area contributed by atoms with Crippen molar-refractivity contribution in [2.75, 3.05) is 6.54 Å². The lowest BCUT2D eigenvalue weighted by atomic mass is 10.1. The van der Waals surface area contributed by atoms with Gasteiger partial charge in [0.1, 0.15) is 9.46 Å². The molecule has 1 aromatic carbocycles. The van der Waals surface area contributed by atoms with Crippen LogP contribution in [-0.2, 0) is 9.84 Å². The Hall–Kier alpha value is -0.880. The Bertz CT molecular complexity index is 606. The van der Waals surface area contributed by atoms with E-state index in [9.17, 15) is 8.42 Å². The minimum absolute atomic E-state index is 0.0435. The lowest BCUT2D eigenvalue weighted by Gasteiger charge is -2.15. The molecule has 6 heteroatoms. The van der Waals surface area contributed by atoms with Crippen molar-refractivity contribution in [2.45, 2.75) is 9.46 Å². The molecule has 1 heterocycles. The van der Waals surface area contributed by atoms with Gasteiger partial charge in [0.15, 0.2) is 9.84 Å².